The second kappa shape index (κ2) is 5.29. The maximum absolute atomic E-state index is 11.7. The highest BCUT2D eigenvalue weighted by Gasteiger charge is 2.41. The van der Waals surface area contributed by atoms with Gasteiger partial charge in [-0.15, -0.1) is 0 Å². The van der Waals surface area contributed by atoms with Crippen LogP contribution in [-0.4, -0.2) is 23.3 Å². The normalized spacial score (nSPS) is 30.9. The fourth-order valence-electron chi connectivity index (χ4n) is 2.39. The Morgan fingerprint density at radius 1 is 1.41 bits per heavy atom. The minimum Gasteiger partial charge on any atom is -0.310 e. The fraction of sp³-hybridized carbons (Fsp3) is 0.727. The van der Waals surface area contributed by atoms with Gasteiger partial charge in [0, 0.05) is 0 Å². The van der Waals surface area contributed by atoms with E-state index in [0.717, 1.165) is 0 Å². The van der Waals surface area contributed by atoms with Gasteiger partial charge in [0.2, 0.25) is 0 Å². The summed E-state index contributed by atoms with van der Waals surface area (Å²) >= 11 is 1.59. The first-order valence-corrected chi connectivity index (χ1v) is 7.33. The van der Waals surface area contributed by atoms with Gasteiger partial charge >= 0.3 is 0 Å². The molecule has 6 heteroatoms. The fourth-order valence-corrected chi connectivity index (χ4v) is 3.06. The van der Waals surface area contributed by atoms with Gasteiger partial charge < -0.3 is 5.43 Å². The Morgan fingerprint density at radius 2 is 2.12 bits per heavy atom. The van der Waals surface area contributed by atoms with Gasteiger partial charge in [-0.25, -0.2) is 0 Å². The zero-order valence-corrected chi connectivity index (χ0v) is 11.0. The molecule has 0 unspecified atom stereocenters. The Balaban J connectivity index is 1.98. The number of nitrogens with two attached hydrogens (primary N) is 1. The van der Waals surface area contributed by atoms with Crippen LogP contribution in [0, 0.1) is 0 Å². The SMILES string of the molecule is C=C1NN[C@@]([NH2+]C2CCCCC2)(SC)NC1=O. The van der Waals surface area contributed by atoms with Crippen molar-refractivity contribution < 1.29 is 10.1 Å². The zero-order valence-electron chi connectivity index (χ0n) is 10.2. The topological polar surface area (TPSA) is 69.8 Å². The van der Waals surface area contributed by atoms with Crippen molar-refractivity contribution in [3.63, 3.8) is 0 Å². The number of quaternary nitrogens is 1. The number of carbonyl (C=O) groups is 1. The molecule has 0 aromatic rings. The van der Waals surface area contributed by atoms with E-state index in [1.165, 1.54) is 32.1 Å². The molecule has 1 saturated carbocycles. The lowest BCUT2D eigenvalue weighted by atomic mass is 9.95. The quantitative estimate of drug-likeness (QED) is 0.410. The molecular weight excluding hydrogens is 236 g/mol. The van der Waals surface area contributed by atoms with Crippen LogP contribution >= 0.6 is 11.8 Å². The maximum atomic E-state index is 11.7. The summed E-state index contributed by atoms with van der Waals surface area (Å²) in [6.45, 7) is 3.63. The lowest BCUT2D eigenvalue weighted by molar-refractivity contribution is -0.746. The van der Waals surface area contributed by atoms with E-state index in [1.54, 1.807) is 11.8 Å². The summed E-state index contributed by atoms with van der Waals surface area (Å²) < 4.78 is 0. The van der Waals surface area contributed by atoms with Crippen molar-refractivity contribution in [1.29, 1.82) is 0 Å². The molecule has 0 aromatic carbocycles. The van der Waals surface area contributed by atoms with Gasteiger partial charge in [0.25, 0.3) is 11.0 Å². The van der Waals surface area contributed by atoms with Crippen LogP contribution in [0.15, 0.2) is 12.3 Å². The molecule has 1 atom stereocenters. The van der Waals surface area contributed by atoms with Crippen molar-refractivity contribution in [3.8, 4) is 0 Å². The molecular formula is C11H21N4OS+. The predicted octanol–water partition coefficient (Wildman–Crippen LogP) is -0.405. The van der Waals surface area contributed by atoms with Crippen LogP contribution in [0.2, 0.25) is 0 Å². The van der Waals surface area contributed by atoms with E-state index in [1.807, 2.05) is 6.26 Å². The molecule has 0 radical (unpaired) electrons. The van der Waals surface area contributed by atoms with Gasteiger partial charge in [0.05, 0.1) is 6.04 Å². The van der Waals surface area contributed by atoms with Gasteiger partial charge in [0.1, 0.15) is 5.70 Å². The maximum Gasteiger partial charge on any atom is 0.297 e. The first kappa shape index (κ1) is 12.7. The highest BCUT2D eigenvalue weighted by Crippen LogP contribution is 2.17. The summed E-state index contributed by atoms with van der Waals surface area (Å²) in [5.41, 5.74) is 6.36. The number of rotatable bonds is 3. The van der Waals surface area contributed by atoms with Crippen molar-refractivity contribution in [2.24, 2.45) is 0 Å². The summed E-state index contributed by atoms with van der Waals surface area (Å²) in [6, 6.07) is 0.581. The van der Waals surface area contributed by atoms with Gasteiger partial charge in [-0.05, 0) is 31.9 Å². The van der Waals surface area contributed by atoms with Crippen LogP contribution in [0.1, 0.15) is 32.1 Å². The van der Waals surface area contributed by atoms with Crippen LogP contribution in [0.25, 0.3) is 0 Å². The molecule has 1 aliphatic carbocycles. The third kappa shape index (κ3) is 2.94. The van der Waals surface area contributed by atoms with Crippen LogP contribution in [0.5, 0.6) is 0 Å². The van der Waals surface area contributed by atoms with E-state index in [-0.39, 0.29) is 5.91 Å². The molecule has 2 aliphatic rings. The smallest absolute Gasteiger partial charge is 0.297 e. The Kier molecular flexibility index (Phi) is 3.96. The molecule has 0 spiro atoms. The molecule has 1 heterocycles. The van der Waals surface area contributed by atoms with Gasteiger partial charge in [-0.2, -0.15) is 5.43 Å². The van der Waals surface area contributed by atoms with E-state index >= 15 is 0 Å². The lowest BCUT2D eigenvalue weighted by Gasteiger charge is -2.38. The summed E-state index contributed by atoms with van der Waals surface area (Å²) in [4.78, 5) is 11.7. The number of amides is 1. The standard InChI is InChI=1S/C11H20N4OS/c1-8-10(16)13-11(17-2,15-14-8)12-9-6-4-3-5-7-9/h9,12,14-15H,1,3-7H2,2H3,(H,13,16)/p+1/t11-/m0/s1. The molecule has 96 valence electrons. The number of hydrogen-bond donors (Lipinski definition) is 4. The first-order valence-electron chi connectivity index (χ1n) is 6.11. The van der Waals surface area contributed by atoms with Crippen LogP contribution < -0.4 is 21.5 Å². The number of nitrogens with one attached hydrogen (secondary N) is 3. The third-order valence-corrected chi connectivity index (χ3v) is 4.40. The summed E-state index contributed by atoms with van der Waals surface area (Å²) in [5.74, 6) is -0.134. The molecule has 1 saturated heterocycles. The van der Waals surface area contributed by atoms with Gasteiger partial charge in [-0.1, -0.05) is 24.8 Å². The van der Waals surface area contributed by atoms with Crippen LogP contribution in [0.3, 0.4) is 0 Å². The van der Waals surface area contributed by atoms with Crippen molar-refractivity contribution in [2.45, 2.75) is 43.3 Å². The Labute approximate surface area is 106 Å². The van der Waals surface area contributed by atoms with E-state index in [2.05, 4.69) is 28.1 Å². The highest BCUT2D eigenvalue weighted by molar-refractivity contribution is 7.99. The Hall–Kier alpha value is -0.720. The zero-order chi connectivity index (χ0) is 12.3. The monoisotopic (exact) mass is 257 g/mol. The number of thioether (sulfide) groups is 1. The Bertz CT molecular complexity index is 317. The number of hydrazine groups is 1. The van der Waals surface area contributed by atoms with Crippen molar-refractivity contribution in [2.75, 3.05) is 6.26 Å². The molecule has 0 aromatic heterocycles. The third-order valence-electron chi connectivity index (χ3n) is 3.41. The number of carbonyl (C=O) groups excluding carboxylic acids is 1. The highest BCUT2D eigenvalue weighted by atomic mass is 32.2. The minimum atomic E-state index is -0.500. The van der Waals surface area contributed by atoms with Crippen molar-refractivity contribution in [1.82, 2.24) is 16.2 Å². The molecule has 2 rings (SSSR count). The second-order valence-corrected chi connectivity index (χ2v) is 5.74. The lowest BCUT2D eigenvalue weighted by Crippen LogP contribution is -3.08. The summed E-state index contributed by atoms with van der Waals surface area (Å²) in [6.07, 6.45) is 8.36. The average Bonchev–Trinajstić information content (AvgIpc) is 2.35. The average molecular weight is 257 g/mol. The minimum absolute atomic E-state index is 0.134. The molecule has 2 fully saturated rings. The molecule has 1 aliphatic heterocycles. The van der Waals surface area contributed by atoms with Crippen LogP contribution in [-0.2, 0) is 4.79 Å². The van der Waals surface area contributed by atoms with Crippen molar-refractivity contribution >= 4 is 17.7 Å². The molecule has 5 N–H and O–H groups in total. The largest absolute Gasteiger partial charge is 0.310 e. The number of hydrogen-bond acceptors (Lipinski definition) is 4. The molecule has 0 bridgehead atoms. The van der Waals surface area contributed by atoms with Gasteiger partial charge in [-0.3, -0.25) is 15.4 Å². The molecule has 17 heavy (non-hydrogen) atoms. The van der Waals surface area contributed by atoms with Gasteiger partial charge in [0.15, 0.2) is 0 Å². The Morgan fingerprint density at radius 3 is 2.71 bits per heavy atom. The molecule has 5 nitrogen and oxygen atoms in total. The molecule has 1 amide bonds. The first-order chi connectivity index (χ1) is 8.15. The summed E-state index contributed by atoms with van der Waals surface area (Å²) in [5, 5.41) is 4.70. The summed E-state index contributed by atoms with van der Waals surface area (Å²) in [7, 11) is 0. The van der Waals surface area contributed by atoms with E-state index in [9.17, 15) is 4.79 Å². The van der Waals surface area contributed by atoms with Crippen molar-refractivity contribution in [3.05, 3.63) is 12.3 Å². The predicted molar refractivity (Wildman–Crippen MR) is 68.6 cm³/mol. The van der Waals surface area contributed by atoms with E-state index in [4.69, 9.17) is 0 Å². The van der Waals surface area contributed by atoms with E-state index < -0.39 is 5.12 Å². The second-order valence-electron chi connectivity index (χ2n) is 4.69. The van der Waals surface area contributed by atoms with E-state index in [0.29, 0.717) is 11.7 Å². The van der Waals surface area contributed by atoms with Crippen LogP contribution in [0.4, 0.5) is 0 Å².